The summed E-state index contributed by atoms with van der Waals surface area (Å²) in [5.41, 5.74) is 6.48. The van der Waals surface area contributed by atoms with E-state index in [0.717, 1.165) is 38.9 Å². The largest absolute Gasteiger partial charge is 0.481 e. The number of likely N-dealkylation sites (N-methyl/N-ethyl adjacent to an activating group) is 1. The molecular weight excluding hydrogens is 632 g/mol. The molecule has 0 aromatic heterocycles. The lowest BCUT2D eigenvalue weighted by Crippen LogP contribution is -2.46. The number of carbonyl (C=O) groups excluding carboxylic acids is 1. The predicted octanol–water partition coefficient (Wildman–Crippen LogP) is 6.56. The maximum absolute atomic E-state index is 12.3. The monoisotopic (exact) mass is 680 g/mol. The maximum atomic E-state index is 12.3. The first kappa shape index (κ1) is 36.9. The molecule has 4 N–H and O–H groups in total. The Hall–Kier alpha value is -4.38. The summed E-state index contributed by atoms with van der Waals surface area (Å²) >= 11 is 0. The van der Waals surface area contributed by atoms with E-state index in [1.165, 1.54) is 0 Å². The van der Waals surface area contributed by atoms with Gasteiger partial charge in [-0.3, -0.25) is 14.5 Å². The Kier molecular flexibility index (Phi) is 12.9. The van der Waals surface area contributed by atoms with Crippen LogP contribution in [0.4, 0.5) is 0 Å². The number of hydrogen-bond donors (Lipinski definition) is 4. The normalized spacial score (nSPS) is 20.3. The van der Waals surface area contributed by atoms with Gasteiger partial charge in [-0.2, -0.15) is 0 Å². The van der Waals surface area contributed by atoms with Crippen molar-refractivity contribution in [3.63, 3.8) is 0 Å². The number of nitrogens with one attached hydrogen (secondary N) is 1. The van der Waals surface area contributed by atoms with Crippen molar-refractivity contribution in [1.29, 1.82) is 0 Å². The van der Waals surface area contributed by atoms with E-state index in [1.807, 2.05) is 117 Å². The molecule has 1 amide bonds. The molecule has 0 saturated carbocycles. The van der Waals surface area contributed by atoms with E-state index in [9.17, 15) is 19.8 Å². The molecule has 0 unspecified atom stereocenters. The number of aliphatic hydroxyl groups excluding tert-OH is 2. The standard InChI is InChI=1S/C41H48N2O7/c1-27-36(25-43(3)28(2)39(48)31-10-5-4-6-11-31)49-41(50-40(27)32-18-16-29(26-44)17-19-32)33-22-20-30(21-23-33)35-13-8-7-12-34(35)24-42-37(45)14-9-15-38(46)47/h4-8,10-13,16-23,27-28,36,39-41,44,48H,9,14-15,24-26H2,1-3H3,(H,42,45)(H,46,47)/t27-,28-,36+,39-,40+,41+/m1/s1. The summed E-state index contributed by atoms with van der Waals surface area (Å²) in [5.74, 6) is -1.10. The summed E-state index contributed by atoms with van der Waals surface area (Å²) in [6.07, 6.45) is -1.35. The number of carboxylic acid groups (broad SMARTS) is 1. The van der Waals surface area contributed by atoms with E-state index in [2.05, 4.69) is 17.1 Å². The van der Waals surface area contributed by atoms with Crippen LogP contribution < -0.4 is 5.32 Å². The van der Waals surface area contributed by atoms with Crippen molar-refractivity contribution in [2.24, 2.45) is 5.92 Å². The van der Waals surface area contributed by atoms with Gasteiger partial charge < -0.3 is 30.1 Å². The summed E-state index contributed by atoms with van der Waals surface area (Å²) in [7, 11) is 2.01. The first-order valence-electron chi connectivity index (χ1n) is 17.2. The predicted molar refractivity (Wildman–Crippen MR) is 192 cm³/mol. The van der Waals surface area contributed by atoms with Crippen LogP contribution in [0.15, 0.2) is 103 Å². The van der Waals surface area contributed by atoms with E-state index >= 15 is 0 Å². The lowest BCUT2D eigenvalue weighted by atomic mass is 9.89. The summed E-state index contributed by atoms with van der Waals surface area (Å²) < 4.78 is 13.4. The molecule has 0 aliphatic carbocycles. The average molecular weight is 681 g/mol. The molecule has 0 spiro atoms. The topological polar surface area (TPSA) is 129 Å². The van der Waals surface area contributed by atoms with Gasteiger partial charge in [-0.1, -0.05) is 110 Å². The molecule has 1 aliphatic heterocycles. The van der Waals surface area contributed by atoms with E-state index in [0.29, 0.717) is 19.5 Å². The Bertz CT molecular complexity index is 1680. The lowest BCUT2D eigenvalue weighted by Gasteiger charge is -2.43. The van der Waals surface area contributed by atoms with Gasteiger partial charge in [0.2, 0.25) is 5.91 Å². The van der Waals surface area contributed by atoms with Crippen molar-refractivity contribution >= 4 is 11.9 Å². The average Bonchev–Trinajstić information content (AvgIpc) is 3.14. The van der Waals surface area contributed by atoms with Crippen LogP contribution in [-0.2, 0) is 32.2 Å². The third-order valence-corrected chi connectivity index (χ3v) is 9.67. The van der Waals surface area contributed by atoms with E-state index < -0.39 is 18.4 Å². The van der Waals surface area contributed by atoms with Gasteiger partial charge in [-0.15, -0.1) is 0 Å². The summed E-state index contributed by atoms with van der Waals surface area (Å²) in [5, 5.41) is 32.5. The van der Waals surface area contributed by atoms with E-state index in [-0.39, 0.29) is 49.5 Å². The number of nitrogens with zero attached hydrogens (tertiary/aromatic N) is 1. The lowest BCUT2D eigenvalue weighted by molar-refractivity contribution is -0.276. The van der Waals surface area contributed by atoms with Crippen LogP contribution in [-0.4, -0.2) is 57.8 Å². The van der Waals surface area contributed by atoms with Crippen molar-refractivity contribution < 1.29 is 34.4 Å². The van der Waals surface area contributed by atoms with Crippen molar-refractivity contribution in [1.82, 2.24) is 10.2 Å². The van der Waals surface area contributed by atoms with Gasteiger partial charge in [-0.25, -0.2) is 0 Å². The molecule has 0 radical (unpaired) electrons. The molecule has 1 aliphatic rings. The Labute approximate surface area is 294 Å². The van der Waals surface area contributed by atoms with Gasteiger partial charge in [0, 0.05) is 43.5 Å². The Morgan fingerprint density at radius 3 is 2.20 bits per heavy atom. The molecular formula is C41H48N2O7. The third-order valence-electron chi connectivity index (χ3n) is 9.67. The molecule has 1 fully saturated rings. The number of amides is 1. The van der Waals surface area contributed by atoms with Crippen LogP contribution in [0.5, 0.6) is 0 Å². The molecule has 6 atom stereocenters. The number of carboxylic acids is 1. The fraction of sp³-hybridized carbons (Fsp3) is 0.366. The van der Waals surface area contributed by atoms with Gasteiger partial charge in [0.25, 0.3) is 0 Å². The molecule has 9 nitrogen and oxygen atoms in total. The van der Waals surface area contributed by atoms with Crippen LogP contribution in [0.2, 0.25) is 0 Å². The highest BCUT2D eigenvalue weighted by Gasteiger charge is 2.39. The number of hydrogen-bond acceptors (Lipinski definition) is 7. The number of aliphatic carboxylic acids is 1. The third kappa shape index (κ3) is 9.44. The van der Waals surface area contributed by atoms with Gasteiger partial charge in [0.1, 0.15) is 0 Å². The van der Waals surface area contributed by atoms with Crippen molar-refractivity contribution in [2.45, 2.75) is 76.9 Å². The molecule has 0 bridgehead atoms. The summed E-state index contributed by atoms with van der Waals surface area (Å²) in [6.45, 7) is 5.02. The molecule has 4 aromatic rings. The molecule has 50 heavy (non-hydrogen) atoms. The molecule has 4 aromatic carbocycles. The number of aliphatic hydroxyl groups is 2. The van der Waals surface area contributed by atoms with Crippen LogP contribution >= 0.6 is 0 Å². The maximum Gasteiger partial charge on any atom is 0.303 e. The second-order valence-electron chi connectivity index (χ2n) is 13.2. The number of carbonyl (C=O) groups is 2. The zero-order chi connectivity index (χ0) is 35.6. The number of ether oxygens (including phenoxy) is 2. The van der Waals surface area contributed by atoms with Crippen molar-refractivity contribution in [2.75, 3.05) is 13.6 Å². The zero-order valence-electron chi connectivity index (χ0n) is 28.9. The van der Waals surface area contributed by atoms with Gasteiger partial charge in [0.15, 0.2) is 6.29 Å². The van der Waals surface area contributed by atoms with E-state index in [1.54, 1.807) is 0 Å². The quantitative estimate of drug-likeness (QED) is 0.111. The minimum Gasteiger partial charge on any atom is -0.481 e. The van der Waals surface area contributed by atoms with Crippen molar-refractivity contribution in [3.8, 4) is 11.1 Å². The van der Waals surface area contributed by atoms with Crippen molar-refractivity contribution in [3.05, 3.63) is 131 Å². The van der Waals surface area contributed by atoms with Crippen LogP contribution in [0.25, 0.3) is 11.1 Å². The minimum atomic E-state index is -0.909. The second-order valence-corrected chi connectivity index (χ2v) is 13.2. The van der Waals surface area contributed by atoms with E-state index in [4.69, 9.17) is 14.6 Å². The molecule has 9 heteroatoms. The Morgan fingerprint density at radius 1 is 0.860 bits per heavy atom. The van der Waals surface area contributed by atoms with Gasteiger partial charge >= 0.3 is 5.97 Å². The van der Waals surface area contributed by atoms with Gasteiger partial charge in [-0.05, 0) is 53.8 Å². The SMILES string of the molecule is C[C@@H]1[C@H](CN(C)[C@H](C)[C@@H](O)c2ccccc2)O[C@H](c2ccc(-c3ccccc3CNC(=O)CCCC(=O)O)cc2)O[C@@H]1c1ccc(CO)cc1. The molecule has 5 rings (SSSR count). The highest BCUT2D eigenvalue weighted by atomic mass is 16.7. The fourth-order valence-electron chi connectivity index (χ4n) is 6.41. The highest BCUT2D eigenvalue weighted by molar-refractivity contribution is 5.77. The Morgan fingerprint density at radius 2 is 1.52 bits per heavy atom. The highest BCUT2D eigenvalue weighted by Crippen LogP contribution is 2.42. The smallest absolute Gasteiger partial charge is 0.303 e. The fourth-order valence-corrected chi connectivity index (χ4v) is 6.41. The first-order chi connectivity index (χ1) is 24.1. The first-order valence-corrected chi connectivity index (χ1v) is 17.2. The second kappa shape index (κ2) is 17.5. The number of benzene rings is 4. The minimum absolute atomic E-state index is 0.0137. The van der Waals surface area contributed by atoms with Crippen LogP contribution in [0.3, 0.4) is 0 Å². The molecule has 1 heterocycles. The van der Waals surface area contributed by atoms with Crippen LogP contribution in [0.1, 0.15) is 79.4 Å². The molecule has 1 saturated heterocycles. The number of rotatable bonds is 15. The molecule has 264 valence electrons. The summed E-state index contributed by atoms with van der Waals surface area (Å²) in [4.78, 5) is 25.2. The van der Waals surface area contributed by atoms with Gasteiger partial charge in [0.05, 0.1) is 24.9 Å². The Balaban J connectivity index is 1.33. The zero-order valence-corrected chi connectivity index (χ0v) is 28.9. The van der Waals surface area contributed by atoms with Crippen LogP contribution in [0, 0.1) is 5.92 Å². The summed E-state index contributed by atoms with van der Waals surface area (Å²) in [6, 6.07) is 33.3.